The van der Waals surface area contributed by atoms with Crippen molar-refractivity contribution in [3.8, 4) is 5.75 Å². The molecule has 0 aliphatic rings. The van der Waals surface area contributed by atoms with Gasteiger partial charge in [-0.1, -0.05) is 12.8 Å². The van der Waals surface area contributed by atoms with E-state index < -0.39 is 0 Å². The van der Waals surface area contributed by atoms with E-state index in [1.54, 1.807) is 7.11 Å². The standard InChI is InChI=1S/C14H24N2O/c1-16(12-6-4-3-5-11-15)13-7-9-14(17-2)10-8-13/h7-10H,3-6,11-12,15H2,1-2H3. The molecule has 0 amide bonds. The molecule has 0 fully saturated rings. The SMILES string of the molecule is COc1ccc(N(C)CCCCCCN)cc1. The Morgan fingerprint density at radius 1 is 1.06 bits per heavy atom. The number of benzene rings is 1. The van der Waals surface area contributed by atoms with Gasteiger partial charge in [0, 0.05) is 19.3 Å². The summed E-state index contributed by atoms with van der Waals surface area (Å²) in [5, 5.41) is 0. The van der Waals surface area contributed by atoms with Gasteiger partial charge in [-0.25, -0.2) is 0 Å². The Balaban J connectivity index is 2.28. The van der Waals surface area contributed by atoms with Gasteiger partial charge >= 0.3 is 0 Å². The van der Waals surface area contributed by atoms with E-state index in [0.29, 0.717) is 0 Å². The smallest absolute Gasteiger partial charge is 0.119 e. The molecule has 96 valence electrons. The Morgan fingerprint density at radius 2 is 1.71 bits per heavy atom. The van der Waals surface area contributed by atoms with Gasteiger partial charge in [0.1, 0.15) is 5.75 Å². The molecule has 0 heterocycles. The fourth-order valence-corrected chi connectivity index (χ4v) is 1.81. The highest BCUT2D eigenvalue weighted by atomic mass is 16.5. The zero-order valence-electron chi connectivity index (χ0n) is 11.0. The minimum atomic E-state index is 0.814. The van der Waals surface area contributed by atoms with E-state index in [9.17, 15) is 0 Å². The topological polar surface area (TPSA) is 38.5 Å². The Hall–Kier alpha value is -1.22. The van der Waals surface area contributed by atoms with E-state index in [2.05, 4.69) is 24.1 Å². The van der Waals surface area contributed by atoms with Gasteiger partial charge in [0.05, 0.1) is 7.11 Å². The first-order valence-electron chi connectivity index (χ1n) is 6.33. The largest absolute Gasteiger partial charge is 0.497 e. The van der Waals surface area contributed by atoms with Crippen LogP contribution in [0.4, 0.5) is 5.69 Å². The first-order chi connectivity index (χ1) is 8.27. The molecule has 0 aliphatic heterocycles. The number of unbranched alkanes of at least 4 members (excludes halogenated alkanes) is 3. The maximum Gasteiger partial charge on any atom is 0.119 e. The van der Waals surface area contributed by atoms with E-state index in [0.717, 1.165) is 25.3 Å². The summed E-state index contributed by atoms with van der Waals surface area (Å²) >= 11 is 0. The Labute approximate surface area is 105 Å². The van der Waals surface area contributed by atoms with Crippen LogP contribution >= 0.6 is 0 Å². The van der Waals surface area contributed by atoms with Gasteiger partial charge in [-0.3, -0.25) is 0 Å². The molecule has 0 unspecified atom stereocenters. The van der Waals surface area contributed by atoms with Crippen molar-refractivity contribution in [2.24, 2.45) is 5.73 Å². The van der Waals surface area contributed by atoms with Crippen LogP contribution in [-0.4, -0.2) is 27.2 Å². The van der Waals surface area contributed by atoms with Crippen molar-refractivity contribution < 1.29 is 4.74 Å². The van der Waals surface area contributed by atoms with E-state index in [1.165, 1.54) is 24.9 Å². The van der Waals surface area contributed by atoms with Gasteiger partial charge in [0.15, 0.2) is 0 Å². The number of methoxy groups -OCH3 is 1. The lowest BCUT2D eigenvalue weighted by Gasteiger charge is -2.19. The minimum absolute atomic E-state index is 0.814. The molecule has 0 saturated heterocycles. The van der Waals surface area contributed by atoms with Crippen molar-refractivity contribution in [1.29, 1.82) is 0 Å². The molecule has 0 aliphatic carbocycles. The maximum atomic E-state index is 5.47. The fourth-order valence-electron chi connectivity index (χ4n) is 1.81. The molecule has 1 aromatic carbocycles. The Kier molecular flexibility index (Phi) is 6.48. The normalized spacial score (nSPS) is 10.3. The van der Waals surface area contributed by atoms with Crippen molar-refractivity contribution >= 4 is 5.69 Å². The molecule has 0 spiro atoms. The number of hydrogen-bond donors (Lipinski definition) is 1. The third-order valence-electron chi connectivity index (χ3n) is 2.96. The third-order valence-corrected chi connectivity index (χ3v) is 2.96. The van der Waals surface area contributed by atoms with Crippen LogP contribution in [0.15, 0.2) is 24.3 Å². The summed E-state index contributed by atoms with van der Waals surface area (Å²) in [6.07, 6.45) is 4.87. The second-order valence-corrected chi connectivity index (χ2v) is 4.32. The lowest BCUT2D eigenvalue weighted by atomic mass is 10.2. The molecule has 0 bridgehead atoms. The average Bonchev–Trinajstić information content (AvgIpc) is 2.38. The van der Waals surface area contributed by atoms with Crippen LogP contribution in [0.5, 0.6) is 5.75 Å². The molecular weight excluding hydrogens is 212 g/mol. The predicted molar refractivity (Wildman–Crippen MR) is 73.8 cm³/mol. The van der Waals surface area contributed by atoms with E-state index >= 15 is 0 Å². The van der Waals surface area contributed by atoms with Crippen LogP contribution in [0.25, 0.3) is 0 Å². The molecule has 0 radical (unpaired) electrons. The Morgan fingerprint density at radius 3 is 2.29 bits per heavy atom. The molecular formula is C14H24N2O. The molecule has 1 rings (SSSR count). The number of rotatable bonds is 8. The monoisotopic (exact) mass is 236 g/mol. The van der Waals surface area contributed by atoms with Gasteiger partial charge in [0.2, 0.25) is 0 Å². The van der Waals surface area contributed by atoms with Gasteiger partial charge in [0.25, 0.3) is 0 Å². The average molecular weight is 236 g/mol. The fraction of sp³-hybridized carbons (Fsp3) is 0.571. The molecule has 0 atom stereocenters. The van der Waals surface area contributed by atoms with Crippen molar-refractivity contribution in [3.63, 3.8) is 0 Å². The van der Waals surface area contributed by atoms with E-state index in [1.807, 2.05) is 12.1 Å². The number of anilines is 1. The number of ether oxygens (including phenoxy) is 1. The minimum Gasteiger partial charge on any atom is -0.497 e. The maximum absolute atomic E-state index is 5.47. The summed E-state index contributed by atoms with van der Waals surface area (Å²) in [5.41, 5.74) is 6.71. The molecule has 3 heteroatoms. The quantitative estimate of drug-likeness (QED) is 0.705. The van der Waals surface area contributed by atoms with Crippen molar-refractivity contribution in [2.45, 2.75) is 25.7 Å². The molecule has 17 heavy (non-hydrogen) atoms. The molecule has 2 N–H and O–H groups in total. The van der Waals surface area contributed by atoms with E-state index in [-0.39, 0.29) is 0 Å². The summed E-state index contributed by atoms with van der Waals surface area (Å²) in [7, 11) is 3.82. The lowest BCUT2D eigenvalue weighted by Crippen LogP contribution is -2.18. The van der Waals surface area contributed by atoms with Crippen LogP contribution in [0, 0.1) is 0 Å². The zero-order valence-corrected chi connectivity index (χ0v) is 11.0. The first kappa shape index (κ1) is 13.8. The summed E-state index contributed by atoms with van der Waals surface area (Å²) in [4.78, 5) is 2.28. The summed E-state index contributed by atoms with van der Waals surface area (Å²) in [6.45, 7) is 1.91. The number of nitrogens with two attached hydrogens (primary N) is 1. The summed E-state index contributed by atoms with van der Waals surface area (Å²) in [5.74, 6) is 0.907. The van der Waals surface area contributed by atoms with Crippen molar-refractivity contribution in [2.75, 3.05) is 32.1 Å². The molecule has 0 saturated carbocycles. The summed E-state index contributed by atoms with van der Waals surface area (Å²) < 4.78 is 5.14. The second-order valence-electron chi connectivity index (χ2n) is 4.32. The predicted octanol–water partition coefficient (Wildman–Crippen LogP) is 2.65. The highest BCUT2D eigenvalue weighted by Crippen LogP contribution is 2.18. The summed E-state index contributed by atoms with van der Waals surface area (Å²) in [6, 6.07) is 8.19. The highest BCUT2D eigenvalue weighted by Gasteiger charge is 2.00. The number of nitrogens with zero attached hydrogens (tertiary/aromatic N) is 1. The van der Waals surface area contributed by atoms with Crippen LogP contribution in [0.3, 0.4) is 0 Å². The third kappa shape index (κ3) is 5.09. The molecule has 1 aromatic rings. The van der Waals surface area contributed by atoms with Crippen LogP contribution in [0.2, 0.25) is 0 Å². The Bertz CT molecular complexity index is 298. The van der Waals surface area contributed by atoms with Gasteiger partial charge in [-0.05, 0) is 43.7 Å². The van der Waals surface area contributed by atoms with E-state index in [4.69, 9.17) is 10.5 Å². The van der Waals surface area contributed by atoms with Crippen LogP contribution in [0.1, 0.15) is 25.7 Å². The zero-order chi connectivity index (χ0) is 12.5. The van der Waals surface area contributed by atoms with Crippen molar-refractivity contribution in [3.05, 3.63) is 24.3 Å². The molecule has 3 nitrogen and oxygen atoms in total. The highest BCUT2D eigenvalue weighted by molar-refractivity contribution is 5.48. The van der Waals surface area contributed by atoms with Gasteiger partial charge < -0.3 is 15.4 Å². The van der Waals surface area contributed by atoms with Crippen LogP contribution < -0.4 is 15.4 Å². The van der Waals surface area contributed by atoms with Crippen molar-refractivity contribution in [1.82, 2.24) is 0 Å². The van der Waals surface area contributed by atoms with Crippen LogP contribution in [-0.2, 0) is 0 Å². The number of hydrogen-bond acceptors (Lipinski definition) is 3. The second kappa shape index (κ2) is 7.96. The van der Waals surface area contributed by atoms with Gasteiger partial charge in [-0.2, -0.15) is 0 Å². The first-order valence-corrected chi connectivity index (χ1v) is 6.33. The van der Waals surface area contributed by atoms with Gasteiger partial charge in [-0.15, -0.1) is 0 Å². The lowest BCUT2D eigenvalue weighted by molar-refractivity contribution is 0.415. The molecule has 0 aromatic heterocycles.